The second-order valence-corrected chi connectivity index (χ2v) is 25.1. The molecule has 8 nitrogen and oxygen atoms in total. The molecule has 18 rings (SSSR count). The van der Waals surface area contributed by atoms with Crippen LogP contribution in [0.5, 0.6) is 0 Å². The summed E-state index contributed by atoms with van der Waals surface area (Å²) in [7, 11) is 0. The normalized spacial score (nSPS) is 21.7. The predicted molar refractivity (Wildman–Crippen MR) is 382 cm³/mol. The molecule has 3 aromatic heterocycles. The molecule has 0 saturated heterocycles. The van der Waals surface area contributed by atoms with Gasteiger partial charge in [0.05, 0.1) is 62.1 Å². The maximum absolute atomic E-state index is 5.52. The Labute approximate surface area is 536 Å². The van der Waals surface area contributed by atoms with Crippen molar-refractivity contribution in [3.63, 3.8) is 0 Å². The van der Waals surface area contributed by atoms with Gasteiger partial charge in [0.25, 0.3) is 0 Å². The van der Waals surface area contributed by atoms with Gasteiger partial charge in [-0.15, -0.1) is 0 Å². The van der Waals surface area contributed by atoms with Gasteiger partial charge in [-0.2, -0.15) is 0 Å². The fraction of sp³-hybridized carbons (Fsp3) is 0.119. The lowest BCUT2D eigenvalue weighted by atomic mass is 9.80. The number of hydrogen-bond donors (Lipinski definition) is 0. The van der Waals surface area contributed by atoms with E-state index in [1.807, 2.05) is 6.07 Å². The molecule has 0 N–H and O–H groups in total. The van der Waals surface area contributed by atoms with Gasteiger partial charge in [-0.25, -0.2) is 20.0 Å². The summed E-state index contributed by atoms with van der Waals surface area (Å²) in [4.78, 5) is 26.2. The molecule has 6 atom stereocenters. The Bertz CT molecular complexity index is 5180. The van der Waals surface area contributed by atoms with Crippen LogP contribution in [-0.4, -0.2) is 36.3 Å². The topological polar surface area (TPSA) is 66.8 Å². The van der Waals surface area contributed by atoms with E-state index in [0.717, 1.165) is 80.1 Å². The third-order valence-electron chi connectivity index (χ3n) is 19.6. The highest BCUT2D eigenvalue weighted by Crippen LogP contribution is 2.56. The smallest absolute Gasteiger partial charge is 0.235 e. The number of allylic oxidation sites excluding steroid dienone is 10. The fourth-order valence-electron chi connectivity index (χ4n) is 15.1. The lowest BCUT2D eigenvalue weighted by Gasteiger charge is -2.40. The van der Waals surface area contributed by atoms with Gasteiger partial charge in [0.15, 0.2) is 0 Å². The summed E-state index contributed by atoms with van der Waals surface area (Å²) < 4.78 is 4.71. The lowest BCUT2D eigenvalue weighted by molar-refractivity contribution is 0.537. The van der Waals surface area contributed by atoms with Crippen LogP contribution in [0.1, 0.15) is 60.2 Å². The molecule has 3 aliphatic heterocycles. The van der Waals surface area contributed by atoms with Crippen LogP contribution in [0, 0.1) is 17.8 Å². The first-order chi connectivity index (χ1) is 45.4. The van der Waals surface area contributed by atoms with Gasteiger partial charge in [-0.05, 0) is 121 Å². The molecule has 1 saturated carbocycles. The largest absolute Gasteiger partial charge is 0.311 e. The van der Waals surface area contributed by atoms with Crippen LogP contribution in [-0.2, 0) is 6.42 Å². The van der Waals surface area contributed by atoms with Crippen LogP contribution in [0.15, 0.2) is 320 Å². The summed E-state index contributed by atoms with van der Waals surface area (Å²) in [5.41, 5.74) is 19.8. The first-order valence-corrected chi connectivity index (χ1v) is 32.2. The van der Waals surface area contributed by atoms with Gasteiger partial charge >= 0.3 is 0 Å². The number of fused-ring (bicyclic) bond motifs is 13. The van der Waals surface area contributed by atoms with Crippen molar-refractivity contribution in [3.05, 3.63) is 338 Å². The van der Waals surface area contributed by atoms with E-state index < -0.39 is 5.54 Å². The zero-order chi connectivity index (χ0) is 61.4. The van der Waals surface area contributed by atoms with E-state index in [9.17, 15) is 0 Å². The third kappa shape index (κ3) is 9.19. The van der Waals surface area contributed by atoms with Crippen molar-refractivity contribution >= 4 is 77.9 Å². The van der Waals surface area contributed by atoms with Crippen LogP contribution in [0.4, 0.5) is 17.1 Å². The van der Waals surface area contributed by atoms with Gasteiger partial charge in [-0.3, -0.25) is 4.57 Å². The lowest BCUT2D eigenvalue weighted by Crippen LogP contribution is -2.49. The molecule has 8 heteroatoms. The highest BCUT2D eigenvalue weighted by molar-refractivity contribution is 6.18. The molecule has 442 valence electrons. The Balaban J connectivity index is 0.000000141. The quantitative estimate of drug-likeness (QED) is 0.159. The predicted octanol–water partition coefficient (Wildman–Crippen LogP) is 20.0. The number of para-hydroxylation sites is 4. The highest BCUT2D eigenvalue weighted by atomic mass is 15.4. The van der Waals surface area contributed by atoms with Gasteiger partial charge in [0.2, 0.25) is 11.9 Å². The van der Waals surface area contributed by atoms with E-state index in [1.165, 1.54) is 61.3 Å². The van der Waals surface area contributed by atoms with Crippen molar-refractivity contribution in [1.29, 1.82) is 0 Å². The maximum atomic E-state index is 5.52. The van der Waals surface area contributed by atoms with Crippen molar-refractivity contribution in [2.75, 3.05) is 9.80 Å². The number of guanidine groups is 1. The van der Waals surface area contributed by atoms with Gasteiger partial charge < -0.3 is 14.4 Å². The Kier molecular flexibility index (Phi) is 13.3. The van der Waals surface area contributed by atoms with E-state index in [4.69, 9.17) is 20.0 Å². The summed E-state index contributed by atoms with van der Waals surface area (Å²) in [6.07, 6.45) is 26.6. The molecular weight excluding hydrogens is 1120 g/mol. The number of rotatable bonds is 7. The van der Waals surface area contributed by atoms with Gasteiger partial charge in [0.1, 0.15) is 0 Å². The summed E-state index contributed by atoms with van der Waals surface area (Å²) in [5, 5.41) is 4.92. The van der Waals surface area contributed by atoms with Gasteiger partial charge in [-0.1, -0.05) is 244 Å². The van der Waals surface area contributed by atoms with Crippen LogP contribution in [0.3, 0.4) is 0 Å². The molecule has 12 aromatic rings. The molecule has 0 amide bonds. The molecule has 9 aromatic carbocycles. The van der Waals surface area contributed by atoms with Crippen LogP contribution in [0.2, 0.25) is 0 Å². The summed E-state index contributed by atoms with van der Waals surface area (Å²) in [6, 6.07) is 81.6. The molecule has 1 fully saturated rings. The van der Waals surface area contributed by atoms with E-state index in [2.05, 4.69) is 331 Å². The van der Waals surface area contributed by atoms with E-state index in [1.54, 1.807) is 0 Å². The molecule has 3 aliphatic carbocycles. The monoisotopic (exact) mass is 1190 g/mol. The van der Waals surface area contributed by atoms with Crippen molar-refractivity contribution in [2.45, 2.75) is 44.2 Å². The maximum Gasteiger partial charge on any atom is 0.235 e. The first kappa shape index (κ1) is 54.9. The fourth-order valence-corrected chi connectivity index (χ4v) is 15.1. The average Bonchev–Trinajstić information content (AvgIpc) is 1.54. The van der Waals surface area contributed by atoms with Crippen molar-refractivity contribution in [3.8, 4) is 22.9 Å². The standard InChI is InChI=1S/C42H34N4.C42H32N4/c1-28-38(29-16-6-3-7-17-29)43-41(44-39(28)30-18-8-4-9-19-30)46-36-26-25-33-32-22-12-13-24-35(32)45(31-20-10-5-11-21-31)40(33)37(36)34-23-14-15-27-42(34,46)2;1-28-13-5-2-10-18-35-39(45(28)33-16-8-4-9-17-33)23-24-40-41(35)34-19-11-12-20-38(34)46(40)42-43-36(29-14-6-3-7-15-29)27-37(44-42)31-22-21-30-25-32(30)26-31/h3-28,34,38H,1-2H3;2-17,19-24,26-27,30,32H,1,18,25H2/b;10-2-,13-5-. The summed E-state index contributed by atoms with van der Waals surface area (Å²) in [5.74, 6) is 2.98. The van der Waals surface area contributed by atoms with Crippen LogP contribution in [0.25, 0.3) is 72.1 Å². The minimum Gasteiger partial charge on any atom is -0.311 e. The summed E-state index contributed by atoms with van der Waals surface area (Å²) in [6.45, 7) is 9.08. The Morgan fingerprint density at radius 2 is 1.20 bits per heavy atom. The number of anilines is 3. The first-order valence-electron chi connectivity index (χ1n) is 32.2. The highest BCUT2D eigenvalue weighted by Gasteiger charge is 2.51. The SMILES string of the molecule is C=C1/C=C\C=C/Cc2c(ccc3c2c2ccccc2n3-c2nc(C3=CC4CC4C=C3)cc(-c3ccccc3)n2)N1c1ccccc1.CC1C(c2ccccc2)=NC(N2c3ccc4c5ccccc5n(-c5ccccc5)c4c3C3C=CC=CC32C)=NC1c1ccccc1. The third-order valence-corrected chi connectivity index (χ3v) is 19.6. The average molecular weight is 1190 g/mol. The Morgan fingerprint density at radius 1 is 0.543 bits per heavy atom. The number of hydrogen-bond acceptors (Lipinski definition) is 6. The molecule has 6 heterocycles. The van der Waals surface area contributed by atoms with Crippen LogP contribution >= 0.6 is 0 Å². The molecule has 0 spiro atoms. The zero-order valence-electron chi connectivity index (χ0n) is 51.4. The molecule has 6 unspecified atom stereocenters. The van der Waals surface area contributed by atoms with Crippen LogP contribution < -0.4 is 9.80 Å². The zero-order valence-corrected chi connectivity index (χ0v) is 51.4. The van der Waals surface area contributed by atoms with Gasteiger partial charge in [0, 0.05) is 61.6 Å². The number of aliphatic imine (C=N–C) groups is 2. The number of benzene rings is 9. The molecule has 0 bridgehead atoms. The molecule has 0 radical (unpaired) electrons. The summed E-state index contributed by atoms with van der Waals surface area (Å²) >= 11 is 0. The van der Waals surface area contributed by atoms with Crippen molar-refractivity contribution < 1.29 is 0 Å². The molecule has 6 aliphatic rings. The minimum atomic E-state index is -0.394. The Morgan fingerprint density at radius 3 is 1.95 bits per heavy atom. The number of nitrogens with zero attached hydrogens (tertiary/aromatic N) is 8. The number of aromatic nitrogens is 4. The molecule has 92 heavy (non-hydrogen) atoms. The van der Waals surface area contributed by atoms with E-state index >= 15 is 0 Å². The van der Waals surface area contributed by atoms with E-state index in [-0.39, 0.29) is 17.9 Å². The van der Waals surface area contributed by atoms with Crippen molar-refractivity contribution in [2.24, 2.45) is 27.7 Å². The molecular formula is C84H66N8. The second kappa shape index (κ2) is 22.4. The van der Waals surface area contributed by atoms with E-state index in [0.29, 0.717) is 17.8 Å². The Hall–Kier alpha value is -11.2. The second-order valence-electron chi connectivity index (χ2n) is 25.1. The van der Waals surface area contributed by atoms with Crippen molar-refractivity contribution in [1.82, 2.24) is 19.1 Å². The minimum absolute atomic E-state index is 0.0578.